The minimum atomic E-state index is -4.86. The van der Waals surface area contributed by atoms with Crippen molar-refractivity contribution in [1.29, 1.82) is 5.26 Å². The fraction of sp³-hybridized carbons (Fsp3) is 0.458. The third-order valence-electron chi connectivity index (χ3n) is 7.05. The number of nitrogens with zero attached hydrogens (tertiary/aromatic N) is 2. The first kappa shape index (κ1) is 24.9. The molecule has 1 amide bonds. The maximum absolute atomic E-state index is 14.4. The zero-order chi connectivity index (χ0) is 25.8. The number of pyridine rings is 1. The molecule has 1 aromatic carbocycles. The van der Waals surface area contributed by atoms with E-state index in [9.17, 15) is 32.0 Å². The molecule has 2 aromatic rings. The molecule has 0 spiro atoms. The van der Waals surface area contributed by atoms with Crippen molar-refractivity contribution in [3.8, 4) is 11.8 Å². The van der Waals surface area contributed by atoms with E-state index in [1.54, 1.807) is 0 Å². The molecule has 1 saturated heterocycles. The molecule has 0 bridgehead atoms. The van der Waals surface area contributed by atoms with E-state index >= 15 is 0 Å². The molecule has 35 heavy (non-hydrogen) atoms. The van der Waals surface area contributed by atoms with E-state index in [2.05, 4.69) is 16.4 Å². The molecule has 186 valence electrons. The monoisotopic (exact) mass is 495 g/mol. The van der Waals surface area contributed by atoms with Gasteiger partial charge in [0, 0.05) is 29.3 Å². The summed E-state index contributed by atoms with van der Waals surface area (Å²) in [5.41, 5.74) is -2.96. The highest BCUT2D eigenvalue weighted by atomic mass is 19.4. The van der Waals surface area contributed by atoms with Crippen molar-refractivity contribution in [2.24, 2.45) is 5.92 Å². The molecule has 1 aliphatic carbocycles. The van der Waals surface area contributed by atoms with E-state index in [0.29, 0.717) is 18.5 Å². The summed E-state index contributed by atoms with van der Waals surface area (Å²) < 4.78 is 80.7. The van der Waals surface area contributed by atoms with Crippen molar-refractivity contribution in [3.05, 3.63) is 53.4 Å². The van der Waals surface area contributed by atoms with Gasteiger partial charge in [-0.05, 0) is 38.0 Å². The highest BCUT2D eigenvalue weighted by molar-refractivity contribution is 5.95. The lowest BCUT2D eigenvalue weighted by Crippen LogP contribution is -2.47. The largest absolute Gasteiger partial charge is 0.493 e. The molecule has 1 aliphatic heterocycles. The van der Waals surface area contributed by atoms with Crippen LogP contribution in [0.2, 0.25) is 0 Å². The first-order valence-electron chi connectivity index (χ1n) is 10.8. The van der Waals surface area contributed by atoms with Gasteiger partial charge in [-0.25, -0.2) is 4.39 Å². The number of rotatable bonds is 5. The number of hydrogen-bond acceptors (Lipinski definition) is 5. The van der Waals surface area contributed by atoms with E-state index in [0.717, 1.165) is 26.2 Å². The molecule has 4 atom stereocenters. The Bertz CT molecular complexity index is 1210. The van der Waals surface area contributed by atoms with E-state index < -0.39 is 58.4 Å². The number of ether oxygens (including phenoxy) is 2. The molecule has 2 aliphatic rings. The normalized spacial score (nSPS) is 27.2. The van der Waals surface area contributed by atoms with Crippen LogP contribution in [0.3, 0.4) is 0 Å². The molecular weight excluding hydrogens is 473 g/mol. The number of methoxy groups -OCH3 is 1. The van der Waals surface area contributed by atoms with Gasteiger partial charge in [-0.15, -0.1) is 0 Å². The molecular formula is C24H22F5N3O3. The Balaban J connectivity index is 1.73. The molecule has 4 rings (SSSR count). The lowest BCUT2D eigenvalue weighted by Gasteiger charge is -2.32. The average Bonchev–Trinajstić information content (AvgIpc) is 3.56. The van der Waals surface area contributed by atoms with Gasteiger partial charge in [-0.3, -0.25) is 9.78 Å². The molecule has 0 unspecified atom stereocenters. The van der Waals surface area contributed by atoms with Crippen LogP contribution in [-0.4, -0.2) is 35.9 Å². The minimum absolute atomic E-state index is 0.121. The van der Waals surface area contributed by atoms with Gasteiger partial charge in [0.05, 0.1) is 24.3 Å². The summed E-state index contributed by atoms with van der Waals surface area (Å²) in [6, 6.07) is 6.97. The zero-order valence-corrected chi connectivity index (χ0v) is 19.0. The first-order chi connectivity index (χ1) is 16.4. The molecule has 1 aromatic heterocycles. The Morgan fingerprint density at radius 2 is 1.97 bits per heavy atom. The third-order valence-corrected chi connectivity index (χ3v) is 7.05. The Kier molecular flexibility index (Phi) is 6.00. The summed E-state index contributed by atoms with van der Waals surface area (Å²) >= 11 is 0. The van der Waals surface area contributed by atoms with E-state index in [-0.39, 0.29) is 11.3 Å². The van der Waals surface area contributed by atoms with Crippen molar-refractivity contribution in [3.63, 3.8) is 0 Å². The summed E-state index contributed by atoms with van der Waals surface area (Å²) in [6.07, 6.45) is -3.97. The predicted octanol–water partition coefficient (Wildman–Crippen LogP) is 5.00. The van der Waals surface area contributed by atoms with Crippen molar-refractivity contribution in [1.82, 2.24) is 4.98 Å². The van der Waals surface area contributed by atoms with Crippen LogP contribution in [0.1, 0.15) is 43.9 Å². The third kappa shape index (κ3) is 3.99. The standard InChI is InChI=1S/C24H22F5N3O3/c1-12-17(14-4-5-15(25)18(26)19(14)34-3)20(35-22(12,2)24(27,28)29)21(33)32-13-6-9-31-16(10-13)23(11-30)7-8-23/h4-6,9-10,12,17,20H,7-8H2,1-3H3,(H,31,32,33)/t12-,17-,20+,22+/m1/s1. The number of anilines is 1. The highest BCUT2D eigenvalue weighted by Gasteiger charge is 2.66. The molecule has 2 fully saturated rings. The number of benzene rings is 1. The van der Waals surface area contributed by atoms with Crippen molar-refractivity contribution in [2.45, 2.75) is 55.9 Å². The number of halogens is 5. The van der Waals surface area contributed by atoms with Crippen LogP contribution in [-0.2, 0) is 14.9 Å². The first-order valence-corrected chi connectivity index (χ1v) is 10.8. The summed E-state index contributed by atoms with van der Waals surface area (Å²) in [5.74, 6) is -6.80. The van der Waals surface area contributed by atoms with Crippen LogP contribution in [0.4, 0.5) is 27.6 Å². The zero-order valence-electron chi connectivity index (χ0n) is 19.0. The van der Waals surface area contributed by atoms with E-state index in [4.69, 9.17) is 9.47 Å². The summed E-state index contributed by atoms with van der Waals surface area (Å²) in [4.78, 5) is 17.4. The van der Waals surface area contributed by atoms with Gasteiger partial charge >= 0.3 is 6.18 Å². The Morgan fingerprint density at radius 1 is 1.29 bits per heavy atom. The lowest BCUT2D eigenvalue weighted by molar-refractivity contribution is -0.272. The van der Waals surface area contributed by atoms with Crippen molar-refractivity contribution < 1.29 is 36.2 Å². The second-order valence-electron chi connectivity index (χ2n) is 9.05. The second kappa shape index (κ2) is 8.45. The minimum Gasteiger partial charge on any atom is -0.493 e. The number of amides is 1. The van der Waals surface area contributed by atoms with Crippen LogP contribution in [0.5, 0.6) is 5.75 Å². The lowest BCUT2D eigenvalue weighted by atomic mass is 9.77. The Hall–Kier alpha value is -3.26. The highest BCUT2D eigenvalue weighted by Crippen LogP contribution is 2.55. The summed E-state index contributed by atoms with van der Waals surface area (Å²) in [5, 5.41) is 11.9. The Labute approximate surface area is 198 Å². The van der Waals surface area contributed by atoms with E-state index in [1.807, 2.05) is 0 Å². The summed E-state index contributed by atoms with van der Waals surface area (Å²) in [6.45, 7) is 2.05. The van der Waals surface area contributed by atoms with Gasteiger partial charge in [0.2, 0.25) is 5.82 Å². The van der Waals surface area contributed by atoms with Gasteiger partial charge in [-0.2, -0.15) is 22.8 Å². The van der Waals surface area contributed by atoms with Gasteiger partial charge in [0.15, 0.2) is 17.2 Å². The fourth-order valence-electron chi connectivity index (χ4n) is 4.57. The fourth-order valence-corrected chi connectivity index (χ4v) is 4.57. The van der Waals surface area contributed by atoms with Crippen LogP contribution in [0.15, 0.2) is 30.5 Å². The van der Waals surface area contributed by atoms with Crippen LogP contribution in [0, 0.1) is 28.9 Å². The van der Waals surface area contributed by atoms with Crippen molar-refractivity contribution in [2.75, 3.05) is 12.4 Å². The molecule has 0 radical (unpaired) electrons. The number of carbonyl (C=O) groups excluding carboxylic acids is 1. The van der Waals surface area contributed by atoms with Gasteiger partial charge in [-0.1, -0.05) is 13.0 Å². The van der Waals surface area contributed by atoms with Crippen molar-refractivity contribution >= 4 is 11.6 Å². The number of alkyl halides is 3. The number of carbonyl (C=O) groups is 1. The molecule has 2 heterocycles. The van der Waals surface area contributed by atoms with Crippen LogP contribution >= 0.6 is 0 Å². The average molecular weight is 495 g/mol. The van der Waals surface area contributed by atoms with Gasteiger partial charge in [0.1, 0.15) is 6.10 Å². The van der Waals surface area contributed by atoms with Crippen LogP contribution in [0.25, 0.3) is 0 Å². The quantitative estimate of drug-likeness (QED) is 0.590. The number of nitriles is 1. The smallest absolute Gasteiger partial charge is 0.417 e. The maximum atomic E-state index is 14.4. The molecule has 6 nitrogen and oxygen atoms in total. The maximum Gasteiger partial charge on any atom is 0.417 e. The predicted molar refractivity (Wildman–Crippen MR) is 114 cm³/mol. The molecule has 11 heteroatoms. The van der Waals surface area contributed by atoms with Gasteiger partial charge in [0.25, 0.3) is 5.91 Å². The Morgan fingerprint density at radius 3 is 2.54 bits per heavy atom. The molecule has 1 saturated carbocycles. The number of aromatic nitrogens is 1. The summed E-state index contributed by atoms with van der Waals surface area (Å²) in [7, 11) is 1.06. The number of nitrogens with one attached hydrogen (secondary N) is 1. The number of hydrogen-bond donors (Lipinski definition) is 1. The topological polar surface area (TPSA) is 84.2 Å². The molecule has 1 N–H and O–H groups in total. The SMILES string of the molecule is COc1c([C@@H]2[C@@H](C(=O)Nc3ccnc(C4(C#N)CC4)c3)O[C@](C)(C(F)(F)F)[C@@H]2C)ccc(F)c1F. The van der Waals surface area contributed by atoms with Gasteiger partial charge < -0.3 is 14.8 Å². The van der Waals surface area contributed by atoms with Crippen LogP contribution < -0.4 is 10.1 Å². The van der Waals surface area contributed by atoms with E-state index in [1.165, 1.54) is 25.3 Å². The second-order valence-corrected chi connectivity index (χ2v) is 9.05.